The summed E-state index contributed by atoms with van der Waals surface area (Å²) in [5.74, 6) is 0. The van der Waals surface area contributed by atoms with E-state index in [-0.39, 0.29) is 17.0 Å². The van der Waals surface area contributed by atoms with E-state index < -0.39 is 0 Å². The van der Waals surface area contributed by atoms with Crippen LogP contribution in [-0.2, 0) is 23.1 Å². The first-order chi connectivity index (χ1) is 13.8. The van der Waals surface area contributed by atoms with Gasteiger partial charge in [0.25, 0.3) is 0 Å². The molecule has 1 heterocycles. The van der Waals surface area contributed by atoms with Crippen molar-refractivity contribution in [2.75, 3.05) is 20.3 Å². The Kier molecular flexibility index (Phi) is 6.79. The van der Waals surface area contributed by atoms with E-state index in [1.54, 1.807) is 7.11 Å². The normalized spacial score (nSPS) is 21.1. The lowest BCUT2D eigenvalue weighted by molar-refractivity contribution is 0.134. The topological polar surface area (TPSA) is 24.8 Å². The number of fused-ring (bicyclic) bond motifs is 1. The average Bonchev–Trinajstić information content (AvgIpc) is 2.82. The van der Waals surface area contributed by atoms with Gasteiger partial charge < -0.3 is 9.64 Å². The van der Waals surface area contributed by atoms with Gasteiger partial charge in [0, 0.05) is 13.7 Å². The SMILES string of the molecule is COC[C@@H](N=CN1CCCc2ccccc2[C@]1(C)Cc1ccccc1)C(C)(C)C. The molecule has 3 heteroatoms. The zero-order chi connectivity index (χ0) is 20.9. The van der Waals surface area contributed by atoms with E-state index in [0.717, 1.165) is 25.8 Å². The Morgan fingerprint density at radius 2 is 1.79 bits per heavy atom. The Morgan fingerprint density at radius 1 is 1.10 bits per heavy atom. The Hall–Kier alpha value is -2.13. The molecule has 0 fully saturated rings. The van der Waals surface area contributed by atoms with Crippen molar-refractivity contribution < 1.29 is 4.74 Å². The molecule has 0 unspecified atom stereocenters. The lowest BCUT2D eigenvalue weighted by Gasteiger charge is -2.41. The third-order valence-electron chi connectivity index (χ3n) is 6.18. The van der Waals surface area contributed by atoms with E-state index >= 15 is 0 Å². The number of aliphatic imine (C=N–C) groups is 1. The highest BCUT2D eigenvalue weighted by atomic mass is 16.5. The fourth-order valence-corrected chi connectivity index (χ4v) is 4.32. The minimum absolute atomic E-state index is 0.0616. The lowest BCUT2D eigenvalue weighted by atomic mass is 9.82. The minimum atomic E-state index is -0.131. The number of methoxy groups -OCH3 is 1. The van der Waals surface area contributed by atoms with E-state index in [1.165, 1.54) is 16.7 Å². The first-order valence-corrected chi connectivity index (χ1v) is 10.8. The van der Waals surface area contributed by atoms with Crippen LogP contribution < -0.4 is 0 Å². The first-order valence-electron chi connectivity index (χ1n) is 10.8. The maximum atomic E-state index is 5.47. The Morgan fingerprint density at radius 3 is 2.48 bits per heavy atom. The summed E-state index contributed by atoms with van der Waals surface area (Å²) in [4.78, 5) is 7.51. The van der Waals surface area contributed by atoms with Gasteiger partial charge in [-0.15, -0.1) is 0 Å². The molecule has 1 aliphatic rings. The summed E-state index contributed by atoms with van der Waals surface area (Å²) >= 11 is 0. The van der Waals surface area contributed by atoms with Crippen molar-refractivity contribution in [3.8, 4) is 0 Å². The van der Waals surface area contributed by atoms with Gasteiger partial charge in [-0.05, 0) is 48.3 Å². The Balaban J connectivity index is 2.00. The molecule has 3 rings (SSSR count). The zero-order valence-corrected chi connectivity index (χ0v) is 18.7. The number of nitrogens with zero attached hydrogens (tertiary/aromatic N) is 2. The summed E-state index contributed by atoms with van der Waals surface area (Å²) in [6, 6.07) is 19.9. The van der Waals surface area contributed by atoms with E-state index in [4.69, 9.17) is 9.73 Å². The second-order valence-corrected chi connectivity index (χ2v) is 9.49. The van der Waals surface area contributed by atoms with Crippen molar-refractivity contribution in [3.05, 3.63) is 71.3 Å². The molecule has 156 valence electrons. The number of hydrogen-bond acceptors (Lipinski definition) is 2. The highest BCUT2D eigenvalue weighted by molar-refractivity contribution is 5.59. The van der Waals surface area contributed by atoms with Crippen LogP contribution in [0.15, 0.2) is 59.6 Å². The maximum absolute atomic E-state index is 5.47. The number of aryl methyl sites for hydroxylation is 1. The van der Waals surface area contributed by atoms with E-state index in [1.807, 2.05) is 0 Å². The van der Waals surface area contributed by atoms with E-state index in [9.17, 15) is 0 Å². The summed E-state index contributed by atoms with van der Waals surface area (Å²) in [6.07, 6.45) is 5.32. The fraction of sp³-hybridized carbons (Fsp3) is 0.500. The van der Waals surface area contributed by atoms with Crippen LogP contribution in [0.5, 0.6) is 0 Å². The van der Waals surface area contributed by atoms with Crippen LogP contribution in [0.3, 0.4) is 0 Å². The zero-order valence-electron chi connectivity index (χ0n) is 18.7. The monoisotopic (exact) mass is 392 g/mol. The van der Waals surface area contributed by atoms with Crippen LogP contribution in [0, 0.1) is 5.41 Å². The fourth-order valence-electron chi connectivity index (χ4n) is 4.32. The number of rotatable bonds is 6. The van der Waals surface area contributed by atoms with Crippen LogP contribution in [-0.4, -0.2) is 37.5 Å². The molecule has 2 aromatic rings. The Labute approximate surface area is 176 Å². The minimum Gasteiger partial charge on any atom is -0.382 e. The predicted octanol–water partition coefficient (Wildman–Crippen LogP) is 5.48. The molecule has 2 atom stereocenters. The van der Waals surface area contributed by atoms with Crippen LogP contribution in [0.25, 0.3) is 0 Å². The van der Waals surface area contributed by atoms with Gasteiger partial charge in [0.2, 0.25) is 0 Å². The summed E-state index contributed by atoms with van der Waals surface area (Å²) in [7, 11) is 1.76. The van der Waals surface area contributed by atoms with Crippen molar-refractivity contribution in [2.45, 2.75) is 58.5 Å². The predicted molar refractivity (Wildman–Crippen MR) is 123 cm³/mol. The van der Waals surface area contributed by atoms with Gasteiger partial charge >= 0.3 is 0 Å². The third kappa shape index (κ3) is 5.08. The van der Waals surface area contributed by atoms with E-state index in [0.29, 0.717) is 6.61 Å². The number of benzene rings is 2. The lowest BCUT2D eigenvalue weighted by Crippen LogP contribution is -2.45. The van der Waals surface area contributed by atoms with Crippen LogP contribution in [0.4, 0.5) is 0 Å². The molecule has 0 saturated heterocycles. The van der Waals surface area contributed by atoms with Gasteiger partial charge in [-0.1, -0.05) is 75.4 Å². The number of hydrogen-bond donors (Lipinski definition) is 0. The van der Waals surface area contributed by atoms with Gasteiger partial charge in [0.05, 0.1) is 24.5 Å². The molecule has 0 aliphatic carbocycles. The summed E-state index contributed by atoms with van der Waals surface area (Å²) < 4.78 is 5.47. The molecular weight excluding hydrogens is 356 g/mol. The summed E-state index contributed by atoms with van der Waals surface area (Å²) in [5.41, 5.74) is 4.17. The molecule has 3 nitrogen and oxygen atoms in total. The van der Waals surface area contributed by atoms with Crippen molar-refractivity contribution in [3.63, 3.8) is 0 Å². The molecular formula is C26H36N2O. The molecule has 29 heavy (non-hydrogen) atoms. The van der Waals surface area contributed by atoms with Crippen molar-refractivity contribution >= 4 is 6.34 Å². The standard InChI is InChI=1S/C26H36N2O/c1-25(2,3)24(19-29-5)27-20-28-17-11-15-22-14-9-10-16-23(22)26(28,4)18-21-12-7-6-8-13-21/h6-10,12-14,16,20,24H,11,15,17-19H2,1-5H3/t24-,26+/m1/s1. The van der Waals surface area contributed by atoms with Crippen molar-refractivity contribution in [1.29, 1.82) is 0 Å². The van der Waals surface area contributed by atoms with Gasteiger partial charge in [-0.2, -0.15) is 0 Å². The Bertz CT molecular complexity index is 809. The van der Waals surface area contributed by atoms with Crippen molar-refractivity contribution in [2.24, 2.45) is 10.4 Å². The largest absolute Gasteiger partial charge is 0.382 e. The highest BCUT2D eigenvalue weighted by Crippen LogP contribution is 2.37. The molecule has 0 aromatic heterocycles. The smallest absolute Gasteiger partial charge is 0.0861 e. The number of ether oxygens (including phenoxy) is 1. The second-order valence-electron chi connectivity index (χ2n) is 9.49. The summed E-state index contributed by atoms with van der Waals surface area (Å²) in [5, 5.41) is 0. The molecule has 2 aromatic carbocycles. The molecule has 0 spiro atoms. The van der Waals surface area contributed by atoms with Crippen molar-refractivity contribution in [1.82, 2.24) is 4.90 Å². The van der Waals surface area contributed by atoms with Gasteiger partial charge in [-0.3, -0.25) is 4.99 Å². The molecule has 0 radical (unpaired) electrons. The maximum Gasteiger partial charge on any atom is 0.0861 e. The van der Waals surface area contributed by atoms with Gasteiger partial charge in [0.1, 0.15) is 0 Å². The molecule has 0 amide bonds. The molecule has 1 aliphatic heterocycles. The third-order valence-corrected chi connectivity index (χ3v) is 6.18. The summed E-state index contributed by atoms with van der Waals surface area (Å²) in [6.45, 7) is 10.7. The van der Waals surface area contributed by atoms with Crippen LogP contribution in [0.1, 0.15) is 50.8 Å². The molecule has 0 bridgehead atoms. The van der Waals surface area contributed by atoms with Crippen LogP contribution >= 0.6 is 0 Å². The highest BCUT2D eigenvalue weighted by Gasteiger charge is 2.36. The first kappa shape index (κ1) is 21.6. The van der Waals surface area contributed by atoms with Crippen LogP contribution in [0.2, 0.25) is 0 Å². The molecule has 0 N–H and O–H groups in total. The average molecular weight is 393 g/mol. The quantitative estimate of drug-likeness (QED) is 0.480. The van der Waals surface area contributed by atoms with E-state index in [2.05, 4.69) is 93.5 Å². The van der Waals surface area contributed by atoms with Gasteiger partial charge in [0.15, 0.2) is 0 Å². The molecule has 0 saturated carbocycles. The second kappa shape index (κ2) is 9.13. The van der Waals surface area contributed by atoms with Gasteiger partial charge in [-0.25, -0.2) is 0 Å².